The van der Waals surface area contributed by atoms with Crippen LogP contribution < -0.4 is 16.3 Å². The smallest absolute Gasteiger partial charge is 0.357 e. The highest BCUT2D eigenvalue weighted by Crippen LogP contribution is 2.42. The van der Waals surface area contributed by atoms with E-state index in [0.717, 1.165) is 16.3 Å². The number of fused-ring (bicyclic) bond motifs is 1. The molecule has 4 rings (SSSR count). The molecule has 1 aromatic heterocycles. The number of nitrogen functional groups attached to an aromatic ring is 1. The van der Waals surface area contributed by atoms with Crippen molar-refractivity contribution in [1.29, 1.82) is 0 Å². The number of thioether (sulfide) groups is 1. The molecule has 38 heavy (non-hydrogen) atoms. The molecule has 0 fully saturated rings. The van der Waals surface area contributed by atoms with Crippen LogP contribution in [-0.2, 0) is 14.3 Å². The summed E-state index contributed by atoms with van der Waals surface area (Å²) in [5, 5.41) is 0.599. The lowest BCUT2D eigenvalue weighted by Gasteiger charge is -2.24. The Morgan fingerprint density at radius 3 is 2.18 bits per heavy atom. The van der Waals surface area contributed by atoms with Gasteiger partial charge < -0.3 is 15.2 Å². The van der Waals surface area contributed by atoms with Crippen LogP contribution >= 0.6 is 58.2 Å². The van der Waals surface area contributed by atoms with Crippen LogP contribution in [0.25, 0.3) is 11.0 Å². The minimum Gasteiger partial charge on any atom is -0.462 e. The maximum absolute atomic E-state index is 14.0. The number of rotatable bonds is 6. The second-order valence-corrected chi connectivity index (χ2v) is 10.7. The van der Waals surface area contributed by atoms with Gasteiger partial charge in [0, 0.05) is 25.3 Å². The summed E-state index contributed by atoms with van der Waals surface area (Å²) in [5.41, 5.74) is 7.09. The third kappa shape index (κ3) is 5.28. The second-order valence-electron chi connectivity index (χ2n) is 7.94. The van der Waals surface area contributed by atoms with Gasteiger partial charge in [0.2, 0.25) is 5.91 Å². The van der Waals surface area contributed by atoms with Crippen molar-refractivity contribution in [3.05, 3.63) is 83.9 Å². The number of anilines is 1. The van der Waals surface area contributed by atoms with Gasteiger partial charge in [-0.15, -0.1) is 0 Å². The summed E-state index contributed by atoms with van der Waals surface area (Å²) in [6, 6.07) is 9.47. The molecule has 0 saturated heterocycles. The molecule has 0 radical (unpaired) electrons. The van der Waals surface area contributed by atoms with Gasteiger partial charge in [-0.25, -0.2) is 9.59 Å². The first kappa shape index (κ1) is 28.4. The van der Waals surface area contributed by atoms with Crippen molar-refractivity contribution in [3.8, 4) is 0 Å². The topological polar surface area (TPSA) is 101 Å². The summed E-state index contributed by atoms with van der Waals surface area (Å²) < 4.78 is 11.6. The van der Waals surface area contributed by atoms with Crippen molar-refractivity contribution in [1.82, 2.24) is 4.57 Å². The molecular weight excluding hydrogens is 594 g/mol. The Kier molecular flexibility index (Phi) is 8.69. The van der Waals surface area contributed by atoms with Crippen LogP contribution in [-0.4, -0.2) is 35.6 Å². The van der Waals surface area contributed by atoms with E-state index < -0.39 is 23.1 Å². The number of nitrogens with zero attached hydrogens (tertiary/aromatic N) is 1. The zero-order valence-electron chi connectivity index (χ0n) is 20.0. The van der Waals surface area contributed by atoms with Crippen molar-refractivity contribution in [2.45, 2.75) is 19.1 Å². The highest BCUT2D eigenvalue weighted by Gasteiger charge is 2.39. The predicted octanol–water partition coefficient (Wildman–Crippen LogP) is 5.49. The van der Waals surface area contributed by atoms with Crippen LogP contribution in [0.15, 0.2) is 36.4 Å². The Morgan fingerprint density at radius 2 is 1.58 bits per heavy atom. The quantitative estimate of drug-likeness (QED) is 0.367. The first-order valence-corrected chi connectivity index (χ1v) is 13.7. The fraction of sp³-hybridized carbons (Fsp3) is 0.192. The molecule has 2 heterocycles. The molecule has 2 aromatic carbocycles. The second kappa shape index (κ2) is 11.6. The number of benzene rings is 2. The van der Waals surface area contributed by atoms with Crippen LogP contribution in [0.1, 0.15) is 45.5 Å². The molecule has 0 amide bonds. The van der Waals surface area contributed by atoms with E-state index >= 15 is 0 Å². The lowest BCUT2D eigenvalue weighted by Crippen LogP contribution is -2.42. The van der Waals surface area contributed by atoms with Crippen LogP contribution in [0.3, 0.4) is 0 Å². The number of esters is 2. The van der Waals surface area contributed by atoms with Crippen LogP contribution in [0, 0.1) is 0 Å². The zero-order valence-corrected chi connectivity index (χ0v) is 23.9. The monoisotopic (exact) mass is 612 g/mol. The van der Waals surface area contributed by atoms with E-state index in [1.807, 2.05) is 0 Å². The SMILES string of the molecule is CCOC(=O)C1=c2/c(=C/c3ccc(Cl)cc3Cl)c(N)c(C(=O)OCC)n2C(=O)C(c2ccc(Cl)cc2Cl)S1. The van der Waals surface area contributed by atoms with Gasteiger partial charge in [-0.2, -0.15) is 0 Å². The molecule has 1 aliphatic heterocycles. The third-order valence-electron chi connectivity index (χ3n) is 5.58. The number of halogens is 4. The Balaban J connectivity index is 2.13. The largest absolute Gasteiger partial charge is 0.462 e. The lowest BCUT2D eigenvalue weighted by molar-refractivity contribution is -0.135. The van der Waals surface area contributed by atoms with E-state index in [-0.39, 0.29) is 45.1 Å². The highest BCUT2D eigenvalue weighted by atomic mass is 35.5. The number of nitrogens with two attached hydrogens (primary N) is 1. The van der Waals surface area contributed by atoms with Crippen molar-refractivity contribution in [2.24, 2.45) is 0 Å². The standard InChI is InChI=1S/C26H20Cl4N2O5S/c1-3-36-25(34)21-19(31)16(9-12-5-6-13(27)10-17(12)29)20-23(26(35)37-4-2)38-22(24(33)32(20)21)15-8-7-14(28)11-18(15)30/h5-11,22H,3-4,31H2,1-2H3/b16-9+. The summed E-state index contributed by atoms with van der Waals surface area (Å²) in [7, 11) is 0. The summed E-state index contributed by atoms with van der Waals surface area (Å²) in [6.45, 7) is 3.39. The first-order valence-electron chi connectivity index (χ1n) is 11.3. The van der Waals surface area contributed by atoms with Crippen LogP contribution in [0.2, 0.25) is 20.1 Å². The highest BCUT2D eigenvalue weighted by molar-refractivity contribution is 8.10. The van der Waals surface area contributed by atoms with Gasteiger partial charge in [0.05, 0.1) is 24.3 Å². The van der Waals surface area contributed by atoms with E-state index in [1.165, 1.54) is 12.1 Å². The Morgan fingerprint density at radius 1 is 0.974 bits per heavy atom. The fourth-order valence-corrected chi connectivity index (χ4v) is 6.25. The Hall–Kier alpha value is -2.62. The third-order valence-corrected chi connectivity index (χ3v) is 7.99. The average Bonchev–Trinajstić information content (AvgIpc) is 3.14. The van der Waals surface area contributed by atoms with Crippen molar-refractivity contribution < 1.29 is 23.9 Å². The Bertz CT molecular complexity index is 1600. The molecule has 0 aliphatic carbocycles. The minimum absolute atomic E-state index is 0.0324. The number of hydrogen-bond donors (Lipinski definition) is 1. The summed E-state index contributed by atoms with van der Waals surface area (Å²) >= 11 is 25.9. The van der Waals surface area contributed by atoms with Crippen molar-refractivity contribution >= 4 is 92.7 Å². The molecule has 1 aliphatic rings. The predicted molar refractivity (Wildman–Crippen MR) is 152 cm³/mol. The molecule has 0 spiro atoms. The maximum Gasteiger partial charge on any atom is 0.357 e. The van der Waals surface area contributed by atoms with E-state index in [2.05, 4.69) is 0 Å². The van der Waals surface area contributed by atoms with Crippen molar-refractivity contribution in [2.75, 3.05) is 18.9 Å². The number of ether oxygens (including phenoxy) is 2. The van der Waals surface area contributed by atoms with Gasteiger partial charge in [0.25, 0.3) is 0 Å². The molecule has 0 bridgehead atoms. The normalized spacial score (nSPS) is 15.4. The van der Waals surface area contributed by atoms with Crippen LogP contribution in [0.5, 0.6) is 0 Å². The summed E-state index contributed by atoms with van der Waals surface area (Å²) in [4.78, 5) is 40.4. The first-order chi connectivity index (χ1) is 18.1. The lowest BCUT2D eigenvalue weighted by atomic mass is 10.1. The molecule has 1 atom stereocenters. The zero-order chi connectivity index (χ0) is 27.7. The average molecular weight is 614 g/mol. The number of aromatic nitrogens is 1. The van der Waals surface area contributed by atoms with Gasteiger partial charge in [-0.1, -0.05) is 70.3 Å². The van der Waals surface area contributed by atoms with E-state index in [4.69, 9.17) is 61.6 Å². The molecule has 7 nitrogen and oxygen atoms in total. The van der Waals surface area contributed by atoms with Gasteiger partial charge in [-0.05, 0) is 55.3 Å². The van der Waals surface area contributed by atoms with Crippen molar-refractivity contribution in [3.63, 3.8) is 0 Å². The number of hydrogen-bond acceptors (Lipinski definition) is 7. The van der Waals surface area contributed by atoms with Gasteiger partial charge >= 0.3 is 11.9 Å². The van der Waals surface area contributed by atoms with Gasteiger partial charge in [-0.3, -0.25) is 9.36 Å². The number of carbonyl (C=O) groups is 3. The van der Waals surface area contributed by atoms with Crippen LogP contribution in [0.4, 0.5) is 5.69 Å². The fourth-order valence-electron chi connectivity index (χ4n) is 3.97. The molecule has 198 valence electrons. The van der Waals surface area contributed by atoms with Gasteiger partial charge in [0.1, 0.15) is 10.2 Å². The van der Waals surface area contributed by atoms with E-state index in [1.54, 1.807) is 44.2 Å². The summed E-state index contributed by atoms with van der Waals surface area (Å²) in [6.07, 6.45) is 1.57. The molecule has 0 saturated carbocycles. The molecular formula is C26H20Cl4N2O5S. The van der Waals surface area contributed by atoms with E-state index in [9.17, 15) is 14.4 Å². The van der Waals surface area contributed by atoms with E-state index in [0.29, 0.717) is 26.2 Å². The minimum atomic E-state index is -1.02. The molecule has 2 N–H and O–H groups in total. The Labute approximate surface area is 242 Å². The molecule has 12 heteroatoms. The molecule has 1 unspecified atom stereocenters. The summed E-state index contributed by atoms with van der Waals surface area (Å²) in [5.74, 6) is -2.09. The number of carbonyl (C=O) groups excluding carboxylic acids is 3. The maximum atomic E-state index is 14.0. The van der Waals surface area contributed by atoms with Gasteiger partial charge in [0.15, 0.2) is 5.69 Å². The molecule has 3 aromatic rings.